The molecule has 0 aromatic heterocycles. The molecular weight excluding hydrogens is 380 g/mol. The maximum atomic E-state index is 12.1. The van der Waals surface area contributed by atoms with Crippen LogP contribution in [0.2, 0.25) is 0 Å². The molecule has 0 aliphatic carbocycles. The first-order valence-electron chi connectivity index (χ1n) is 8.84. The van der Waals surface area contributed by atoms with Crippen molar-refractivity contribution in [2.24, 2.45) is 0 Å². The summed E-state index contributed by atoms with van der Waals surface area (Å²) in [5.41, 5.74) is 1.67. The Balaban J connectivity index is 1.77. The summed E-state index contributed by atoms with van der Waals surface area (Å²) in [6, 6.07) is 14.2. The van der Waals surface area contributed by atoms with E-state index in [1.54, 1.807) is 31.2 Å². The summed E-state index contributed by atoms with van der Waals surface area (Å²) in [6.07, 6.45) is 0.435. The first kappa shape index (κ1) is 21.6. The van der Waals surface area contributed by atoms with Crippen LogP contribution < -0.4 is 19.1 Å². The highest BCUT2D eigenvalue weighted by molar-refractivity contribution is 7.92. The van der Waals surface area contributed by atoms with Gasteiger partial charge in [0.25, 0.3) is 5.91 Å². The first-order chi connectivity index (χ1) is 13.2. The number of hydrogen-bond acceptors (Lipinski definition) is 5. The zero-order valence-electron chi connectivity index (χ0n) is 16.5. The van der Waals surface area contributed by atoms with E-state index in [0.717, 1.165) is 17.6 Å². The third kappa shape index (κ3) is 6.45. The molecule has 0 saturated heterocycles. The van der Waals surface area contributed by atoms with Gasteiger partial charge in [0.2, 0.25) is 10.0 Å². The number of nitrogens with zero attached hydrogens (tertiary/aromatic N) is 1. The molecule has 0 aliphatic heterocycles. The van der Waals surface area contributed by atoms with Crippen molar-refractivity contribution in [3.05, 3.63) is 54.1 Å². The van der Waals surface area contributed by atoms with Gasteiger partial charge in [0, 0.05) is 7.05 Å². The minimum atomic E-state index is -3.32. The molecule has 0 radical (unpaired) electrons. The molecule has 2 rings (SSSR count). The van der Waals surface area contributed by atoms with Gasteiger partial charge in [-0.3, -0.25) is 9.10 Å². The number of hydrogen-bond donors (Lipinski definition) is 1. The van der Waals surface area contributed by atoms with E-state index in [2.05, 4.69) is 5.32 Å². The van der Waals surface area contributed by atoms with E-state index in [4.69, 9.17) is 9.47 Å². The van der Waals surface area contributed by atoms with E-state index in [9.17, 15) is 13.2 Å². The minimum Gasteiger partial charge on any atom is -0.492 e. The third-order valence-corrected chi connectivity index (χ3v) is 5.28. The van der Waals surface area contributed by atoms with Crippen LogP contribution in [0.1, 0.15) is 12.5 Å². The van der Waals surface area contributed by atoms with Crippen LogP contribution in [0.5, 0.6) is 11.5 Å². The Labute approximate surface area is 166 Å². The Morgan fingerprint density at radius 3 is 2.21 bits per heavy atom. The molecule has 152 valence electrons. The summed E-state index contributed by atoms with van der Waals surface area (Å²) in [4.78, 5) is 12.1. The number of ether oxygens (including phenoxy) is 2. The van der Waals surface area contributed by atoms with Crippen molar-refractivity contribution < 1.29 is 22.7 Å². The summed E-state index contributed by atoms with van der Waals surface area (Å²) < 4.78 is 35.4. The van der Waals surface area contributed by atoms with Crippen molar-refractivity contribution in [1.82, 2.24) is 5.32 Å². The number of nitrogens with one attached hydrogen (secondary N) is 1. The van der Waals surface area contributed by atoms with Crippen molar-refractivity contribution in [3.63, 3.8) is 0 Å². The molecule has 0 fully saturated rings. The van der Waals surface area contributed by atoms with Gasteiger partial charge >= 0.3 is 0 Å². The lowest BCUT2D eigenvalue weighted by molar-refractivity contribution is -0.127. The predicted octanol–water partition coefficient (Wildman–Crippen LogP) is 2.35. The summed E-state index contributed by atoms with van der Waals surface area (Å²) >= 11 is 0. The normalized spacial score (nSPS) is 12.1. The number of benzene rings is 2. The molecule has 2 aromatic rings. The molecule has 7 nitrogen and oxygen atoms in total. The zero-order valence-corrected chi connectivity index (χ0v) is 17.3. The summed E-state index contributed by atoms with van der Waals surface area (Å²) in [7, 11) is -1.85. The van der Waals surface area contributed by atoms with Crippen molar-refractivity contribution in [3.8, 4) is 11.5 Å². The van der Waals surface area contributed by atoms with E-state index >= 15 is 0 Å². The zero-order chi connectivity index (χ0) is 20.7. The van der Waals surface area contributed by atoms with Gasteiger partial charge in [-0.25, -0.2) is 8.42 Å². The average Bonchev–Trinajstić information content (AvgIpc) is 2.65. The summed E-state index contributed by atoms with van der Waals surface area (Å²) in [5, 5.41) is 2.76. The molecule has 8 heteroatoms. The van der Waals surface area contributed by atoms with Crippen LogP contribution in [0.3, 0.4) is 0 Å². The Morgan fingerprint density at radius 1 is 1.07 bits per heavy atom. The molecule has 0 unspecified atom stereocenters. The Morgan fingerprint density at radius 2 is 1.64 bits per heavy atom. The van der Waals surface area contributed by atoms with Gasteiger partial charge in [-0.1, -0.05) is 17.7 Å². The number of aryl methyl sites for hydroxylation is 1. The van der Waals surface area contributed by atoms with Crippen molar-refractivity contribution in [1.29, 1.82) is 0 Å². The lowest BCUT2D eigenvalue weighted by Crippen LogP contribution is -2.38. The van der Waals surface area contributed by atoms with Crippen LogP contribution >= 0.6 is 0 Å². The fourth-order valence-electron chi connectivity index (χ4n) is 2.31. The van der Waals surface area contributed by atoms with Gasteiger partial charge < -0.3 is 14.8 Å². The number of amides is 1. The van der Waals surface area contributed by atoms with Crippen LogP contribution in [0.15, 0.2) is 48.5 Å². The van der Waals surface area contributed by atoms with Crippen molar-refractivity contribution in [2.45, 2.75) is 20.0 Å². The monoisotopic (exact) mass is 406 g/mol. The standard InChI is InChI=1S/C20H26N2O5S/c1-15-5-9-18(10-6-15)26-14-13-21-20(23)16(2)27-19-11-7-17(8-12-19)22(3)28(4,24)25/h5-12,16H,13-14H2,1-4H3,(H,21,23)/t16-/m0/s1. The number of sulfonamides is 1. The predicted molar refractivity (Wildman–Crippen MR) is 109 cm³/mol. The lowest BCUT2D eigenvalue weighted by atomic mass is 10.2. The molecule has 1 amide bonds. The SMILES string of the molecule is Cc1ccc(OCCNC(=O)[C@H](C)Oc2ccc(N(C)S(C)(=O)=O)cc2)cc1. The lowest BCUT2D eigenvalue weighted by Gasteiger charge is -2.18. The van der Waals surface area contributed by atoms with E-state index in [-0.39, 0.29) is 5.91 Å². The largest absolute Gasteiger partial charge is 0.492 e. The van der Waals surface area contributed by atoms with Crippen molar-refractivity contribution >= 4 is 21.6 Å². The first-order valence-corrected chi connectivity index (χ1v) is 10.7. The molecule has 0 aliphatic rings. The molecule has 0 saturated carbocycles. The molecular formula is C20H26N2O5S. The summed E-state index contributed by atoms with van der Waals surface area (Å²) in [5.74, 6) is 0.970. The minimum absolute atomic E-state index is 0.259. The molecule has 0 heterocycles. The van der Waals surface area contributed by atoms with Gasteiger partial charge in [-0.05, 0) is 50.2 Å². The number of anilines is 1. The molecule has 28 heavy (non-hydrogen) atoms. The molecule has 1 atom stereocenters. The van der Waals surface area contributed by atoms with E-state index in [1.807, 2.05) is 31.2 Å². The average molecular weight is 407 g/mol. The van der Waals surface area contributed by atoms with Crippen LogP contribution in [-0.2, 0) is 14.8 Å². The third-order valence-electron chi connectivity index (χ3n) is 4.07. The number of carbonyl (C=O) groups is 1. The van der Waals surface area contributed by atoms with Gasteiger partial charge in [0.15, 0.2) is 6.10 Å². The molecule has 0 bridgehead atoms. The molecule has 0 spiro atoms. The maximum absolute atomic E-state index is 12.1. The Kier molecular flexibility index (Phi) is 7.28. The fraction of sp³-hybridized carbons (Fsp3) is 0.350. The molecule has 1 N–H and O–H groups in total. The smallest absolute Gasteiger partial charge is 0.260 e. The fourth-order valence-corrected chi connectivity index (χ4v) is 2.81. The van der Waals surface area contributed by atoms with E-state index in [0.29, 0.717) is 24.6 Å². The second kappa shape index (κ2) is 9.45. The Bertz CT molecular complexity index is 880. The van der Waals surface area contributed by atoms with Gasteiger partial charge in [-0.2, -0.15) is 0 Å². The number of rotatable bonds is 9. The topological polar surface area (TPSA) is 84.9 Å². The second-order valence-electron chi connectivity index (χ2n) is 6.44. The van der Waals surface area contributed by atoms with Gasteiger partial charge in [0.1, 0.15) is 18.1 Å². The van der Waals surface area contributed by atoms with E-state index in [1.165, 1.54) is 11.4 Å². The van der Waals surface area contributed by atoms with Crippen LogP contribution in [0.25, 0.3) is 0 Å². The maximum Gasteiger partial charge on any atom is 0.260 e. The van der Waals surface area contributed by atoms with Crippen LogP contribution in [0.4, 0.5) is 5.69 Å². The van der Waals surface area contributed by atoms with E-state index < -0.39 is 16.1 Å². The van der Waals surface area contributed by atoms with Crippen LogP contribution in [0, 0.1) is 6.92 Å². The highest BCUT2D eigenvalue weighted by atomic mass is 32.2. The number of carbonyl (C=O) groups excluding carboxylic acids is 1. The van der Waals surface area contributed by atoms with Gasteiger partial charge in [0.05, 0.1) is 18.5 Å². The second-order valence-corrected chi connectivity index (χ2v) is 8.45. The highest BCUT2D eigenvalue weighted by Gasteiger charge is 2.15. The van der Waals surface area contributed by atoms with Gasteiger partial charge in [-0.15, -0.1) is 0 Å². The quantitative estimate of drug-likeness (QED) is 0.646. The van der Waals surface area contributed by atoms with Crippen LogP contribution in [-0.4, -0.2) is 46.9 Å². The Hall–Kier alpha value is -2.74. The highest BCUT2D eigenvalue weighted by Crippen LogP contribution is 2.21. The van der Waals surface area contributed by atoms with Crippen molar-refractivity contribution in [2.75, 3.05) is 30.8 Å². The molecule has 2 aromatic carbocycles. The summed E-state index contributed by atoms with van der Waals surface area (Å²) in [6.45, 7) is 4.36.